The number of aliphatic hydroxyl groups is 1. The Morgan fingerprint density at radius 2 is 1.80 bits per heavy atom. The predicted molar refractivity (Wildman–Crippen MR) is 81.6 cm³/mol. The largest absolute Gasteiger partial charge is 0.384 e. The van der Waals surface area contributed by atoms with Crippen LogP contribution in [-0.4, -0.2) is 16.6 Å². The van der Waals surface area contributed by atoms with Crippen LogP contribution in [0.15, 0.2) is 54.7 Å². The van der Waals surface area contributed by atoms with Gasteiger partial charge < -0.3 is 15.8 Å². The average Bonchev–Trinajstić information content (AvgIpc) is 2.92. The number of aromatic nitrogens is 1. The summed E-state index contributed by atoms with van der Waals surface area (Å²) in [5, 5.41) is 11.6. The molecule has 0 amide bonds. The first-order valence-corrected chi connectivity index (χ1v) is 6.82. The minimum atomic E-state index is -0.613. The summed E-state index contributed by atoms with van der Waals surface area (Å²) in [4.78, 5) is 3.19. The molecule has 0 spiro atoms. The van der Waals surface area contributed by atoms with Crippen LogP contribution in [0, 0.1) is 0 Å². The number of nitrogens with two attached hydrogens (primary N) is 1. The van der Waals surface area contributed by atoms with Gasteiger partial charge in [-0.1, -0.05) is 42.5 Å². The quantitative estimate of drug-likeness (QED) is 0.680. The number of aromatic amines is 1. The van der Waals surface area contributed by atoms with Gasteiger partial charge in [-0.25, -0.2) is 0 Å². The van der Waals surface area contributed by atoms with Crippen LogP contribution >= 0.6 is 0 Å². The number of rotatable bonds is 4. The molecular formula is C17H18N2O. The summed E-state index contributed by atoms with van der Waals surface area (Å²) in [5.74, 6) is 0. The molecule has 0 saturated heterocycles. The van der Waals surface area contributed by atoms with Crippen molar-refractivity contribution in [3.63, 3.8) is 0 Å². The molecule has 4 N–H and O–H groups in total. The topological polar surface area (TPSA) is 62.0 Å². The SMILES string of the molecule is NCCc1ccc(C(O)c2c[nH]c3ccccc23)cc1. The Morgan fingerprint density at radius 1 is 1.05 bits per heavy atom. The number of H-pyrrole nitrogens is 1. The van der Waals surface area contributed by atoms with Gasteiger partial charge in [-0.3, -0.25) is 0 Å². The molecule has 0 saturated carbocycles. The van der Waals surface area contributed by atoms with Crippen molar-refractivity contribution < 1.29 is 5.11 Å². The molecule has 0 aliphatic rings. The molecule has 0 fully saturated rings. The van der Waals surface area contributed by atoms with Crippen molar-refractivity contribution in [3.8, 4) is 0 Å². The van der Waals surface area contributed by atoms with Crippen LogP contribution in [-0.2, 0) is 6.42 Å². The monoisotopic (exact) mass is 266 g/mol. The summed E-state index contributed by atoms with van der Waals surface area (Å²) in [6.07, 6.45) is 2.13. The zero-order chi connectivity index (χ0) is 13.9. The molecule has 0 aliphatic carbocycles. The Hall–Kier alpha value is -2.10. The molecule has 1 heterocycles. The van der Waals surface area contributed by atoms with E-state index in [0.717, 1.165) is 28.5 Å². The fourth-order valence-electron chi connectivity index (χ4n) is 2.53. The van der Waals surface area contributed by atoms with Gasteiger partial charge in [0.25, 0.3) is 0 Å². The highest BCUT2D eigenvalue weighted by Gasteiger charge is 2.14. The molecule has 1 aromatic heterocycles. The fraction of sp³-hybridized carbons (Fsp3) is 0.176. The van der Waals surface area contributed by atoms with Gasteiger partial charge in [0.1, 0.15) is 6.10 Å². The van der Waals surface area contributed by atoms with Gasteiger partial charge in [-0.05, 0) is 30.2 Å². The first kappa shape index (κ1) is 12.9. The van der Waals surface area contributed by atoms with Crippen molar-refractivity contribution in [1.82, 2.24) is 4.98 Å². The van der Waals surface area contributed by atoms with E-state index in [4.69, 9.17) is 5.73 Å². The molecule has 3 aromatic rings. The molecule has 0 radical (unpaired) electrons. The summed E-state index contributed by atoms with van der Waals surface area (Å²) in [7, 11) is 0. The molecule has 0 bridgehead atoms. The number of para-hydroxylation sites is 1. The van der Waals surface area contributed by atoms with Gasteiger partial charge in [-0.15, -0.1) is 0 Å². The van der Waals surface area contributed by atoms with Gasteiger partial charge in [0.2, 0.25) is 0 Å². The van der Waals surface area contributed by atoms with E-state index in [9.17, 15) is 5.11 Å². The van der Waals surface area contributed by atoms with Gasteiger partial charge in [0.15, 0.2) is 0 Å². The molecular weight excluding hydrogens is 248 g/mol. The first-order chi connectivity index (χ1) is 9.79. The van der Waals surface area contributed by atoms with Crippen LogP contribution in [0.1, 0.15) is 22.8 Å². The van der Waals surface area contributed by atoms with Gasteiger partial charge in [0, 0.05) is 22.7 Å². The third kappa shape index (κ3) is 2.33. The lowest BCUT2D eigenvalue weighted by atomic mass is 9.99. The van der Waals surface area contributed by atoms with Crippen molar-refractivity contribution in [2.24, 2.45) is 5.73 Å². The maximum atomic E-state index is 10.6. The summed E-state index contributed by atoms with van der Waals surface area (Å²) < 4.78 is 0. The van der Waals surface area contributed by atoms with Crippen molar-refractivity contribution in [2.75, 3.05) is 6.54 Å². The molecule has 102 valence electrons. The summed E-state index contributed by atoms with van der Waals surface area (Å²) in [5.41, 5.74) is 9.59. The molecule has 1 unspecified atom stereocenters. The predicted octanol–water partition coefficient (Wildman–Crippen LogP) is 2.75. The van der Waals surface area contributed by atoms with Gasteiger partial charge in [0.05, 0.1) is 0 Å². The van der Waals surface area contributed by atoms with E-state index in [0.29, 0.717) is 6.54 Å². The third-order valence-corrected chi connectivity index (χ3v) is 3.64. The molecule has 3 rings (SSSR count). The number of hydrogen-bond donors (Lipinski definition) is 3. The Labute approximate surface area is 118 Å². The second-order valence-electron chi connectivity index (χ2n) is 4.97. The maximum absolute atomic E-state index is 10.6. The molecule has 20 heavy (non-hydrogen) atoms. The average molecular weight is 266 g/mol. The van der Waals surface area contributed by atoms with E-state index in [1.807, 2.05) is 54.7 Å². The Balaban J connectivity index is 1.93. The highest BCUT2D eigenvalue weighted by Crippen LogP contribution is 2.28. The van der Waals surface area contributed by atoms with Gasteiger partial charge >= 0.3 is 0 Å². The van der Waals surface area contributed by atoms with Gasteiger partial charge in [-0.2, -0.15) is 0 Å². The smallest absolute Gasteiger partial charge is 0.106 e. The third-order valence-electron chi connectivity index (χ3n) is 3.64. The normalized spacial score (nSPS) is 12.7. The summed E-state index contributed by atoms with van der Waals surface area (Å²) >= 11 is 0. The lowest BCUT2D eigenvalue weighted by Crippen LogP contribution is -2.03. The zero-order valence-corrected chi connectivity index (χ0v) is 11.2. The number of aliphatic hydroxyl groups excluding tert-OH is 1. The molecule has 1 atom stereocenters. The molecule has 0 aliphatic heterocycles. The van der Waals surface area contributed by atoms with E-state index >= 15 is 0 Å². The number of nitrogens with one attached hydrogen (secondary N) is 1. The first-order valence-electron chi connectivity index (χ1n) is 6.82. The van der Waals surface area contributed by atoms with Crippen molar-refractivity contribution in [3.05, 3.63) is 71.4 Å². The molecule has 3 nitrogen and oxygen atoms in total. The van der Waals surface area contributed by atoms with Crippen molar-refractivity contribution >= 4 is 10.9 Å². The molecule has 2 aromatic carbocycles. The van der Waals surface area contributed by atoms with Crippen LogP contribution in [0.3, 0.4) is 0 Å². The Morgan fingerprint density at radius 3 is 2.55 bits per heavy atom. The van der Waals surface area contributed by atoms with Crippen LogP contribution in [0.2, 0.25) is 0 Å². The van der Waals surface area contributed by atoms with E-state index in [-0.39, 0.29) is 0 Å². The zero-order valence-electron chi connectivity index (χ0n) is 11.2. The van der Waals surface area contributed by atoms with Crippen molar-refractivity contribution in [2.45, 2.75) is 12.5 Å². The highest BCUT2D eigenvalue weighted by molar-refractivity contribution is 5.83. The standard InChI is InChI=1S/C17H18N2O/c18-10-9-12-5-7-13(8-6-12)17(20)15-11-19-16-4-2-1-3-14(15)16/h1-8,11,17,19-20H,9-10,18H2. The van der Waals surface area contributed by atoms with E-state index in [2.05, 4.69) is 4.98 Å². The minimum Gasteiger partial charge on any atom is -0.384 e. The summed E-state index contributed by atoms with van der Waals surface area (Å²) in [6, 6.07) is 16.0. The second kappa shape index (κ2) is 5.49. The second-order valence-corrected chi connectivity index (χ2v) is 4.97. The van der Waals surface area contributed by atoms with Crippen LogP contribution in [0.4, 0.5) is 0 Å². The fourth-order valence-corrected chi connectivity index (χ4v) is 2.53. The van der Waals surface area contributed by atoms with Crippen LogP contribution in [0.25, 0.3) is 10.9 Å². The Kier molecular flexibility index (Phi) is 3.54. The maximum Gasteiger partial charge on any atom is 0.106 e. The lowest BCUT2D eigenvalue weighted by Gasteiger charge is -2.11. The van der Waals surface area contributed by atoms with E-state index in [1.54, 1.807) is 0 Å². The Bertz CT molecular complexity index is 700. The highest BCUT2D eigenvalue weighted by atomic mass is 16.3. The lowest BCUT2D eigenvalue weighted by molar-refractivity contribution is 0.222. The number of benzene rings is 2. The summed E-state index contributed by atoms with van der Waals surface area (Å²) in [6.45, 7) is 0.643. The molecule has 3 heteroatoms. The number of hydrogen-bond acceptors (Lipinski definition) is 2. The van der Waals surface area contributed by atoms with Crippen molar-refractivity contribution in [1.29, 1.82) is 0 Å². The van der Waals surface area contributed by atoms with E-state index < -0.39 is 6.10 Å². The number of fused-ring (bicyclic) bond motifs is 1. The minimum absolute atomic E-state index is 0.613. The van der Waals surface area contributed by atoms with E-state index in [1.165, 1.54) is 5.56 Å². The van der Waals surface area contributed by atoms with Crippen LogP contribution < -0.4 is 5.73 Å². The van der Waals surface area contributed by atoms with Crippen LogP contribution in [0.5, 0.6) is 0 Å².